The molecule has 0 aliphatic carbocycles. The monoisotopic (exact) mass is 349 g/mol. The molecule has 0 radical (unpaired) electrons. The van der Waals surface area contributed by atoms with Gasteiger partial charge < -0.3 is 4.42 Å². The maximum atomic E-state index is 12.5. The molecular weight excluding hydrogens is 334 g/mol. The second-order valence-corrected chi connectivity index (χ2v) is 8.06. The largest absolute Gasteiger partial charge is 0.420 e. The van der Waals surface area contributed by atoms with Crippen molar-refractivity contribution in [2.24, 2.45) is 0 Å². The molecule has 0 aliphatic rings. The van der Waals surface area contributed by atoms with Gasteiger partial charge in [-0.15, -0.1) is 21.5 Å². The van der Waals surface area contributed by atoms with E-state index in [-0.39, 0.29) is 4.90 Å². The smallest absolute Gasteiger partial charge is 0.261 e. The van der Waals surface area contributed by atoms with Crippen LogP contribution in [0.3, 0.4) is 0 Å². The summed E-state index contributed by atoms with van der Waals surface area (Å²) < 4.78 is 32.9. The molecule has 2 heterocycles. The van der Waals surface area contributed by atoms with E-state index in [4.69, 9.17) is 4.42 Å². The Morgan fingerprint density at radius 1 is 1.09 bits per heavy atom. The van der Waals surface area contributed by atoms with Crippen molar-refractivity contribution in [3.63, 3.8) is 0 Å². The highest BCUT2D eigenvalue weighted by atomic mass is 32.2. The zero-order valence-corrected chi connectivity index (χ0v) is 14.5. The lowest BCUT2D eigenvalue weighted by Crippen LogP contribution is -2.12. The molecule has 0 amide bonds. The number of hydrogen-bond acceptors (Lipinski definition) is 6. The second-order valence-electron chi connectivity index (χ2n) is 5.13. The number of thiophene rings is 1. The van der Waals surface area contributed by atoms with E-state index in [1.807, 2.05) is 13.8 Å². The van der Waals surface area contributed by atoms with Gasteiger partial charge in [-0.1, -0.05) is 17.7 Å². The number of hydrogen-bond donors (Lipinski definition) is 1. The Kier molecular flexibility index (Phi) is 3.95. The second kappa shape index (κ2) is 5.78. The third kappa shape index (κ3) is 3.27. The molecule has 2 aromatic heterocycles. The van der Waals surface area contributed by atoms with Crippen LogP contribution in [0.5, 0.6) is 0 Å². The minimum absolute atomic E-state index is 0.226. The molecule has 23 heavy (non-hydrogen) atoms. The van der Waals surface area contributed by atoms with E-state index in [2.05, 4.69) is 14.9 Å². The van der Waals surface area contributed by atoms with Gasteiger partial charge >= 0.3 is 0 Å². The van der Waals surface area contributed by atoms with Gasteiger partial charge in [0.15, 0.2) is 0 Å². The van der Waals surface area contributed by atoms with E-state index >= 15 is 0 Å². The van der Waals surface area contributed by atoms with E-state index in [9.17, 15) is 8.42 Å². The van der Waals surface area contributed by atoms with Crippen molar-refractivity contribution in [2.45, 2.75) is 25.7 Å². The number of rotatable bonds is 4. The van der Waals surface area contributed by atoms with Gasteiger partial charge in [0, 0.05) is 11.8 Å². The Balaban J connectivity index is 1.91. The van der Waals surface area contributed by atoms with Crippen molar-refractivity contribution >= 4 is 27.0 Å². The predicted molar refractivity (Wildman–Crippen MR) is 89.1 cm³/mol. The Hall–Kier alpha value is -2.19. The van der Waals surface area contributed by atoms with E-state index < -0.39 is 10.0 Å². The molecule has 0 atom stereocenters. The highest BCUT2D eigenvalue weighted by molar-refractivity contribution is 7.92. The minimum atomic E-state index is -3.63. The number of aromatic nitrogens is 2. The molecule has 0 saturated carbocycles. The van der Waals surface area contributed by atoms with Crippen LogP contribution in [-0.4, -0.2) is 18.6 Å². The lowest BCUT2D eigenvalue weighted by molar-refractivity contribution is 0.534. The summed E-state index contributed by atoms with van der Waals surface area (Å²) in [6.45, 7) is 5.45. The molecule has 3 rings (SSSR count). The maximum Gasteiger partial charge on any atom is 0.261 e. The number of anilines is 1. The van der Waals surface area contributed by atoms with Crippen LogP contribution in [0.4, 0.5) is 5.69 Å². The normalized spacial score (nSPS) is 11.6. The van der Waals surface area contributed by atoms with E-state index in [1.165, 1.54) is 11.3 Å². The molecule has 0 aliphatic heterocycles. The number of nitrogens with zero attached hydrogens (tertiary/aromatic N) is 2. The topological polar surface area (TPSA) is 85.1 Å². The summed E-state index contributed by atoms with van der Waals surface area (Å²) in [5, 5.41) is 7.74. The number of nitrogens with one attached hydrogen (secondary N) is 1. The molecule has 1 N–H and O–H groups in total. The average Bonchev–Trinajstić information content (AvgIpc) is 3.06. The summed E-state index contributed by atoms with van der Waals surface area (Å²) in [6, 6.07) is 8.41. The van der Waals surface area contributed by atoms with Crippen molar-refractivity contribution in [3.05, 3.63) is 46.7 Å². The van der Waals surface area contributed by atoms with E-state index in [0.29, 0.717) is 17.5 Å². The highest BCUT2D eigenvalue weighted by Gasteiger charge is 2.18. The van der Waals surface area contributed by atoms with Crippen molar-refractivity contribution in [1.82, 2.24) is 10.2 Å². The SMILES string of the molecule is Cc1ccc(S(=O)(=O)Nc2cc(-c3nnc(C)o3)sc2C)cc1. The molecule has 0 saturated heterocycles. The minimum Gasteiger partial charge on any atom is -0.420 e. The first-order chi connectivity index (χ1) is 10.8. The molecule has 0 unspecified atom stereocenters. The first-order valence-corrected chi connectivity index (χ1v) is 9.15. The third-order valence-electron chi connectivity index (χ3n) is 3.23. The van der Waals surface area contributed by atoms with Gasteiger partial charge in [0.25, 0.3) is 15.9 Å². The summed E-state index contributed by atoms with van der Waals surface area (Å²) in [5.74, 6) is 0.851. The highest BCUT2D eigenvalue weighted by Crippen LogP contribution is 2.34. The Morgan fingerprint density at radius 3 is 2.39 bits per heavy atom. The predicted octanol–water partition coefficient (Wildman–Crippen LogP) is 3.52. The Labute approximate surface area is 138 Å². The lowest BCUT2D eigenvalue weighted by Gasteiger charge is -2.07. The summed E-state index contributed by atoms with van der Waals surface area (Å²) >= 11 is 1.40. The molecule has 0 spiro atoms. The fourth-order valence-electron chi connectivity index (χ4n) is 2.01. The molecule has 8 heteroatoms. The Morgan fingerprint density at radius 2 is 1.78 bits per heavy atom. The van der Waals surface area contributed by atoms with E-state index in [1.54, 1.807) is 37.3 Å². The third-order valence-corrected chi connectivity index (χ3v) is 5.65. The van der Waals surface area contributed by atoms with Crippen LogP contribution in [0.15, 0.2) is 39.6 Å². The zero-order chi connectivity index (χ0) is 16.6. The summed E-state index contributed by atoms with van der Waals surface area (Å²) in [7, 11) is -3.63. The number of benzene rings is 1. The molecule has 1 aromatic carbocycles. The van der Waals surface area contributed by atoms with Crippen molar-refractivity contribution in [1.29, 1.82) is 0 Å². The van der Waals surface area contributed by atoms with Crippen LogP contribution < -0.4 is 4.72 Å². The number of sulfonamides is 1. The fourth-order valence-corrected chi connectivity index (χ4v) is 4.08. The Bertz CT molecular complexity index is 941. The van der Waals surface area contributed by atoms with Crippen LogP contribution in [0.1, 0.15) is 16.3 Å². The quantitative estimate of drug-likeness (QED) is 0.779. The molecule has 120 valence electrons. The van der Waals surface area contributed by atoms with Gasteiger partial charge in [0.2, 0.25) is 5.89 Å². The van der Waals surface area contributed by atoms with Gasteiger partial charge in [-0.05, 0) is 32.0 Å². The van der Waals surface area contributed by atoms with Gasteiger partial charge in [0.05, 0.1) is 15.5 Å². The summed E-state index contributed by atoms with van der Waals surface area (Å²) in [4.78, 5) is 1.78. The summed E-state index contributed by atoms with van der Waals surface area (Å²) in [5.41, 5.74) is 1.52. The van der Waals surface area contributed by atoms with Crippen LogP contribution in [0, 0.1) is 20.8 Å². The fraction of sp³-hybridized carbons (Fsp3) is 0.200. The molecule has 0 bridgehead atoms. The van der Waals surface area contributed by atoms with Crippen LogP contribution in [-0.2, 0) is 10.0 Å². The standard InChI is InChI=1S/C15H15N3O3S2/c1-9-4-6-12(7-5-9)23(19,20)18-13-8-14(22-10(13)2)15-17-16-11(3)21-15/h4-8,18H,1-3H3. The van der Waals surface area contributed by atoms with Gasteiger partial charge in [-0.3, -0.25) is 4.72 Å². The van der Waals surface area contributed by atoms with Gasteiger partial charge in [-0.25, -0.2) is 8.42 Å². The van der Waals surface area contributed by atoms with Crippen LogP contribution in [0.25, 0.3) is 10.8 Å². The first kappa shape index (κ1) is 15.7. The van der Waals surface area contributed by atoms with Gasteiger partial charge in [-0.2, -0.15) is 0 Å². The summed E-state index contributed by atoms with van der Waals surface area (Å²) in [6.07, 6.45) is 0. The zero-order valence-electron chi connectivity index (χ0n) is 12.8. The number of aryl methyl sites for hydroxylation is 3. The van der Waals surface area contributed by atoms with Crippen molar-refractivity contribution in [2.75, 3.05) is 4.72 Å². The van der Waals surface area contributed by atoms with Gasteiger partial charge in [0.1, 0.15) is 0 Å². The average molecular weight is 349 g/mol. The lowest BCUT2D eigenvalue weighted by atomic mass is 10.2. The molecular formula is C15H15N3O3S2. The maximum absolute atomic E-state index is 12.5. The molecule has 3 aromatic rings. The van der Waals surface area contributed by atoms with E-state index in [0.717, 1.165) is 15.3 Å². The van der Waals surface area contributed by atoms with Crippen molar-refractivity contribution < 1.29 is 12.8 Å². The van der Waals surface area contributed by atoms with Crippen LogP contribution in [0.2, 0.25) is 0 Å². The first-order valence-electron chi connectivity index (χ1n) is 6.85. The van der Waals surface area contributed by atoms with Crippen molar-refractivity contribution in [3.8, 4) is 10.8 Å². The molecule has 0 fully saturated rings. The molecule has 6 nitrogen and oxygen atoms in total. The van der Waals surface area contributed by atoms with Crippen LogP contribution >= 0.6 is 11.3 Å².